The predicted molar refractivity (Wildman–Crippen MR) is 132 cm³/mol. The van der Waals surface area contributed by atoms with Crippen LogP contribution in [-0.2, 0) is 4.74 Å². The lowest BCUT2D eigenvalue weighted by molar-refractivity contribution is -0.0156. The van der Waals surface area contributed by atoms with E-state index in [1.54, 1.807) is 12.5 Å². The van der Waals surface area contributed by atoms with Crippen LogP contribution in [0.15, 0.2) is 52.2 Å². The van der Waals surface area contributed by atoms with E-state index >= 15 is 0 Å². The van der Waals surface area contributed by atoms with Gasteiger partial charge in [0, 0.05) is 42.4 Å². The molecule has 4 aromatic rings. The van der Waals surface area contributed by atoms with Crippen LogP contribution in [0.25, 0.3) is 21.9 Å². The molecule has 4 heterocycles. The molecule has 9 heteroatoms. The van der Waals surface area contributed by atoms with Crippen molar-refractivity contribution in [2.24, 2.45) is 4.99 Å². The number of hydrogen-bond donors (Lipinski definition) is 0. The zero-order valence-corrected chi connectivity index (χ0v) is 20.4. The fraction of sp³-hybridized carbons (Fsp3) is 0.333. The van der Waals surface area contributed by atoms with Crippen LogP contribution >= 0.6 is 15.9 Å². The highest BCUT2D eigenvalue weighted by Gasteiger charge is 2.28. The van der Waals surface area contributed by atoms with Gasteiger partial charge >= 0.3 is 0 Å². The van der Waals surface area contributed by atoms with Gasteiger partial charge in [0.15, 0.2) is 5.82 Å². The van der Waals surface area contributed by atoms with Gasteiger partial charge in [-0.25, -0.2) is 15.0 Å². The first-order valence-electron chi connectivity index (χ1n) is 10.9. The van der Waals surface area contributed by atoms with E-state index < -0.39 is 0 Å². The monoisotopic (exact) mass is 508 g/mol. The van der Waals surface area contributed by atoms with Crippen molar-refractivity contribution in [3.8, 4) is 5.75 Å². The lowest BCUT2D eigenvalue weighted by Gasteiger charge is -2.17. The minimum atomic E-state index is -0.0910. The number of pyridine rings is 1. The highest BCUT2D eigenvalue weighted by atomic mass is 79.9. The second kappa shape index (κ2) is 9.07. The SMILES string of the molecule is Cc1nc(/N=C/N(C)C)c2ccn([C@H]3CC[C@@H](COc4ccc5cc(Br)cnc5c4)O3)c2n1. The van der Waals surface area contributed by atoms with E-state index in [9.17, 15) is 0 Å². The van der Waals surface area contributed by atoms with Crippen molar-refractivity contribution in [3.05, 3.63) is 53.0 Å². The molecule has 1 saturated heterocycles. The summed E-state index contributed by atoms with van der Waals surface area (Å²) in [5.41, 5.74) is 1.74. The van der Waals surface area contributed by atoms with Gasteiger partial charge in [0.1, 0.15) is 30.1 Å². The van der Waals surface area contributed by atoms with Gasteiger partial charge in [-0.15, -0.1) is 0 Å². The second-order valence-corrected chi connectivity index (χ2v) is 9.29. The summed E-state index contributed by atoms with van der Waals surface area (Å²) in [6, 6.07) is 10.00. The van der Waals surface area contributed by atoms with Crippen molar-refractivity contribution in [2.75, 3.05) is 20.7 Å². The molecule has 0 bridgehead atoms. The number of rotatable bonds is 6. The van der Waals surface area contributed by atoms with Crippen molar-refractivity contribution in [3.63, 3.8) is 0 Å². The van der Waals surface area contributed by atoms with E-state index in [2.05, 4.69) is 40.4 Å². The molecule has 3 aromatic heterocycles. The molecule has 0 spiro atoms. The molecule has 170 valence electrons. The number of aryl methyl sites for hydroxylation is 1. The Labute approximate surface area is 200 Å². The molecular formula is C24H25BrN6O2. The number of ether oxygens (including phenoxy) is 2. The van der Waals surface area contributed by atoms with E-state index in [4.69, 9.17) is 9.47 Å². The van der Waals surface area contributed by atoms with Gasteiger partial charge in [-0.1, -0.05) is 0 Å². The summed E-state index contributed by atoms with van der Waals surface area (Å²) in [6.07, 6.45) is 7.28. The smallest absolute Gasteiger partial charge is 0.166 e. The maximum atomic E-state index is 6.33. The van der Waals surface area contributed by atoms with E-state index in [1.807, 2.05) is 62.4 Å². The zero-order chi connectivity index (χ0) is 22.9. The molecular weight excluding hydrogens is 484 g/mol. The summed E-state index contributed by atoms with van der Waals surface area (Å²) in [6.45, 7) is 2.37. The van der Waals surface area contributed by atoms with Crippen molar-refractivity contribution >= 4 is 50.0 Å². The number of hydrogen-bond acceptors (Lipinski definition) is 6. The van der Waals surface area contributed by atoms with Crippen LogP contribution in [-0.4, -0.2) is 57.6 Å². The van der Waals surface area contributed by atoms with E-state index in [1.165, 1.54) is 0 Å². The van der Waals surface area contributed by atoms with E-state index in [0.29, 0.717) is 18.2 Å². The van der Waals surface area contributed by atoms with Crippen LogP contribution in [0, 0.1) is 6.92 Å². The summed E-state index contributed by atoms with van der Waals surface area (Å²) in [5.74, 6) is 2.14. The number of aromatic nitrogens is 4. The Morgan fingerprint density at radius 2 is 2.12 bits per heavy atom. The van der Waals surface area contributed by atoms with Gasteiger partial charge in [0.25, 0.3) is 0 Å². The van der Waals surface area contributed by atoms with E-state index in [-0.39, 0.29) is 12.3 Å². The Morgan fingerprint density at radius 3 is 2.97 bits per heavy atom. The Balaban J connectivity index is 1.29. The molecule has 1 aromatic carbocycles. The van der Waals surface area contributed by atoms with Gasteiger partial charge in [0.05, 0.1) is 23.3 Å². The molecule has 2 atom stereocenters. The normalized spacial score (nSPS) is 18.5. The van der Waals surface area contributed by atoms with Crippen molar-refractivity contribution in [1.29, 1.82) is 0 Å². The number of fused-ring (bicyclic) bond motifs is 2. The molecule has 1 fully saturated rings. The van der Waals surface area contributed by atoms with Crippen molar-refractivity contribution < 1.29 is 9.47 Å². The first-order valence-corrected chi connectivity index (χ1v) is 11.6. The average molecular weight is 509 g/mol. The molecule has 0 amide bonds. The Bertz CT molecular complexity index is 1340. The summed E-state index contributed by atoms with van der Waals surface area (Å²) in [7, 11) is 3.87. The second-order valence-electron chi connectivity index (χ2n) is 8.37. The maximum absolute atomic E-state index is 6.33. The quantitative estimate of drug-likeness (QED) is 0.268. The minimum Gasteiger partial charge on any atom is -0.491 e. The summed E-state index contributed by atoms with van der Waals surface area (Å²) < 4.78 is 15.4. The molecule has 0 N–H and O–H groups in total. The predicted octanol–water partition coefficient (Wildman–Crippen LogP) is 5.03. The van der Waals surface area contributed by atoms with Crippen LogP contribution in [0.3, 0.4) is 0 Å². The van der Waals surface area contributed by atoms with E-state index in [0.717, 1.165) is 45.0 Å². The summed E-state index contributed by atoms with van der Waals surface area (Å²) in [4.78, 5) is 20.0. The minimum absolute atomic E-state index is 0.00944. The van der Waals surface area contributed by atoms with Gasteiger partial charge in [-0.2, -0.15) is 0 Å². The fourth-order valence-corrected chi connectivity index (χ4v) is 4.34. The zero-order valence-electron chi connectivity index (χ0n) is 18.8. The van der Waals surface area contributed by atoms with Crippen molar-refractivity contribution in [2.45, 2.75) is 32.1 Å². The molecule has 1 aliphatic heterocycles. The fourth-order valence-electron chi connectivity index (χ4n) is 3.99. The third kappa shape index (κ3) is 4.69. The molecule has 33 heavy (non-hydrogen) atoms. The first-order chi connectivity index (χ1) is 16.0. The molecule has 0 unspecified atom stereocenters. The van der Waals surface area contributed by atoms with Crippen LogP contribution in [0.4, 0.5) is 5.82 Å². The third-order valence-corrected chi connectivity index (χ3v) is 5.96. The maximum Gasteiger partial charge on any atom is 0.166 e. The molecule has 0 saturated carbocycles. The summed E-state index contributed by atoms with van der Waals surface area (Å²) >= 11 is 3.46. The lowest BCUT2D eigenvalue weighted by atomic mass is 10.2. The van der Waals surface area contributed by atoms with Gasteiger partial charge < -0.3 is 18.9 Å². The van der Waals surface area contributed by atoms with Crippen LogP contribution in [0.1, 0.15) is 24.9 Å². The Kier molecular flexibility index (Phi) is 5.99. The largest absolute Gasteiger partial charge is 0.491 e. The molecule has 8 nitrogen and oxygen atoms in total. The van der Waals surface area contributed by atoms with Gasteiger partial charge in [-0.3, -0.25) is 4.98 Å². The standard InChI is InChI=1S/C24H25BrN6O2/c1-15-28-23(27-14-30(2)3)20-8-9-31(24(20)29-15)22-7-6-19(33-22)13-32-18-5-4-16-10-17(25)12-26-21(16)11-18/h4-5,8-12,14,19,22H,6-7,13H2,1-3H3/b27-14+/t19-,22+/m0/s1. The molecule has 5 rings (SSSR count). The number of nitrogens with zero attached hydrogens (tertiary/aromatic N) is 6. The Hall–Kier alpha value is -3.04. The molecule has 1 aliphatic rings. The Morgan fingerprint density at radius 1 is 1.24 bits per heavy atom. The number of halogens is 1. The number of benzene rings is 1. The van der Waals surface area contributed by atoms with Gasteiger partial charge in [-0.05, 0) is 60.0 Å². The summed E-state index contributed by atoms with van der Waals surface area (Å²) in [5, 5.41) is 1.98. The lowest BCUT2D eigenvalue weighted by Crippen LogP contribution is -2.18. The highest BCUT2D eigenvalue weighted by molar-refractivity contribution is 9.10. The topological polar surface area (TPSA) is 77.7 Å². The van der Waals surface area contributed by atoms with Crippen molar-refractivity contribution in [1.82, 2.24) is 24.4 Å². The van der Waals surface area contributed by atoms with Crippen LogP contribution in [0.2, 0.25) is 0 Å². The number of aliphatic imine (C=N–C) groups is 1. The first kappa shape index (κ1) is 21.8. The highest BCUT2D eigenvalue weighted by Crippen LogP contribution is 2.33. The third-order valence-electron chi connectivity index (χ3n) is 5.53. The average Bonchev–Trinajstić information content (AvgIpc) is 3.42. The van der Waals surface area contributed by atoms with Gasteiger partial charge in [0.2, 0.25) is 0 Å². The van der Waals surface area contributed by atoms with Crippen LogP contribution < -0.4 is 4.74 Å². The van der Waals surface area contributed by atoms with Crippen LogP contribution in [0.5, 0.6) is 5.75 Å². The molecule has 0 aliphatic carbocycles. The molecule has 0 radical (unpaired) electrons.